The molecule has 0 saturated carbocycles. The van der Waals surface area contributed by atoms with Crippen molar-refractivity contribution < 1.29 is 14.3 Å². The zero-order valence-corrected chi connectivity index (χ0v) is 16.6. The summed E-state index contributed by atoms with van der Waals surface area (Å²) in [7, 11) is 0. The lowest BCUT2D eigenvalue weighted by atomic mass is 10.2. The molecule has 0 atom stereocenters. The molecule has 8 heteroatoms. The summed E-state index contributed by atoms with van der Waals surface area (Å²) in [4.78, 5) is 32.0. The summed E-state index contributed by atoms with van der Waals surface area (Å²) in [5.74, 6) is 0.619. The Bertz CT molecular complexity index is 948. The van der Waals surface area contributed by atoms with E-state index in [1.165, 1.54) is 11.8 Å². The number of hydrogen-bond donors (Lipinski definition) is 2. The molecule has 148 valence electrons. The van der Waals surface area contributed by atoms with Crippen LogP contribution in [-0.2, 0) is 9.59 Å². The van der Waals surface area contributed by atoms with Gasteiger partial charge in [-0.25, -0.2) is 9.97 Å². The van der Waals surface area contributed by atoms with E-state index in [1.54, 1.807) is 42.7 Å². The second kappa shape index (κ2) is 10.2. The van der Waals surface area contributed by atoms with Crippen molar-refractivity contribution in [2.45, 2.75) is 6.92 Å². The monoisotopic (exact) mass is 408 g/mol. The zero-order chi connectivity index (χ0) is 20.5. The highest BCUT2D eigenvalue weighted by molar-refractivity contribution is 8.00. The molecule has 2 N–H and O–H groups in total. The minimum atomic E-state index is -0.182. The quantitative estimate of drug-likeness (QED) is 0.587. The second-order valence-electron chi connectivity index (χ2n) is 6.11. The van der Waals surface area contributed by atoms with Crippen molar-refractivity contribution in [2.24, 2.45) is 0 Å². The molecule has 29 heavy (non-hydrogen) atoms. The highest BCUT2D eigenvalue weighted by atomic mass is 32.2. The normalized spacial score (nSPS) is 10.2. The number of ether oxygens (including phenoxy) is 1. The van der Waals surface area contributed by atoms with E-state index in [9.17, 15) is 9.59 Å². The number of anilines is 2. The molecule has 7 nitrogen and oxygen atoms in total. The number of hydrogen-bond acceptors (Lipinski definition) is 6. The Morgan fingerprint density at radius 3 is 1.93 bits per heavy atom. The molecule has 0 aliphatic rings. The Kier molecular flexibility index (Phi) is 7.18. The average molecular weight is 408 g/mol. The van der Waals surface area contributed by atoms with E-state index < -0.39 is 0 Å². The topological polar surface area (TPSA) is 93.2 Å². The van der Waals surface area contributed by atoms with Crippen molar-refractivity contribution in [3.05, 3.63) is 72.6 Å². The second-order valence-corrected chi connectivity index (χ2v) is 7.10. The van der Waals surface area contributed by atoms with Gasteiger partial charge in [0.15, 0.2) is 0 Å². The van der Waals surface area contributed by atoms with Gasteiger partial charge in [0.25, 0.3) is 0 Å². The van der Waals surface area contributed by atoms with Crippen LogP contribution in [0.1, 0.15) is 5.56 Å². The van der Waals surface area contributed by atoms with Crippen molar-refractivity contribution in [3.63, 3.8) is 0 Å². The van der Waals surface area contributed by atoms with Crippen LogP contribution in [0.4, 0.5) is 11.4 Å². The van der Waals surface area contributed by atoms with E-state index in [-0.39, 0.29) is 29.3 Å². The fourth-order valence-corrected chi connectivity index (χ4v) is 2.93. The third kappa shape index (κ3) is 6.93. The van der Waals surface area contributed by atoms with E-state index in [4.69, 9.17) is 4.74 Å². The van der Waals surface area contributed by atoms with Gasteiger partial charge in [-0.3, -0.25) is 9.59 Å². The predicted octanol–water partition coefficient (Wildman–Crippen LogP) is 3.89. The SMILES string of the molecule is Cc1ccc(NC(=O)CSCC(=O)Nc2ccc(Oc3ncccn3)cc2)cc1. The number of carbonyl (C=O) groups excluding carboxylic acids is 2. The van der Waals surface area contributed by atoms with E-state index in [2.05, 4.69) is 20.6 Å². The maximum absolute atomic E-state index is 12.1. The molecule has 0 unspecified atom stereocenters. The molecule has 0 radical (unpaired) electrons. The molecule has 2 amide bonds. The van der Waals surface area contributed by atoms with Crippen molar-refractivity contribution in [2.75, 3.05) is 22.1 Å². The van der Waals surface area contributed by atoms with Gasteiger partial charge in [0.2, 0.25) is 11.8 Å². The first kappa shape index (κ1) is 20.3. The Labute approximate surface area is 172 Å². The molecule has 1 heterocycles. The largest absolute Gasteiger partial charge is 0.424 e. The summed E-state index contributed by atoms with van der Waals surface area (Å²) in [6.07, 6.45) is 3.19. The molecule has 0 aliphatic carbocycles. The average Bonchev–Trinajstić information content (AvgIpc) is 2.72. The van der Waals surface area contributed by atoms with Gasteiger partial charge in [-0.2, -0.15) is 0 Å². The maximum atomic E-state index is 12.1. The fourth-order valence-electron chi connectivity index (χ4n) is 2.32. The summed E-state index contributed by atoms with van der Waals surface area (Å²) in [5, 5.41) is 5.59. The third-order valence-corrected chi connectivity index (χ3v) is 4.62. The van der Waals surface area contributed by atoms with Gasteiger partial charge in [-0.15, -0.1) is 11.8 Å². The molecule has 0 bridgehead atoms. The van der Waals surface area contributed by atoms with Crippen molar-refractivity contribution in [3.8, 4) is 11.8 Å². The summed E-state index contributed by atoms with van der Waals surface area (Å²) in [5.41, 5.74) is 2.51. The molecular weight excluding hydrogens is 388 g/mol. The van der Waals surface area contributed by atoms with Crippen LogP contribution in [0.25, 0.3) is 0 Å². The summed E-state index contributed by atoms with van der Waals surface area (Å²) >= 11 is 1.25. The minimum absolute atomic E-state index is 0.142. The van der Waals surface area contributed by atoms with Gasteiger partial charge < -0.3 is 15.4 Å². The van der Waals surface area contributed by atoms with Crippen molar-refractivity contribution >= 4 is 35.0 Å². The van der Waals surface area contributed by atoms with Crippen LogP contribution in [0.5, 0.6) is 11.8 Å². The van der Waals surface area contributed by atoms with E-state index in [1.807, 2.05) is 31.2 Å². The fraction of sp³-hybridized carbons (Fsp3) is 0.143. The maximum Gasteiger partial charge on any atom is 0.321 e. The number of benzene rings is 2. The highest BCUT2D eigenvalue weighted by Crippen LogP contribution is 2.20. The van der Waals surface area contributed by atoms with Gasteiger partial charge >= 0.3 is 6.01 Å². The number of thioether (sulfide) groups is 1. The third-order valence-electron chi connectivity index (χ3n) is 3.69. The van der Waals surface area contributed by atoms with Crippen molar-refractivity contribution in [1.82, 2.24) is 9.97 Å². The molecule has 0 saturated heterocycles. The van der Waals surface area contributed by atoms with Crippen LogP contribution >= 0.6 is 11.8 Å². The Morgan fingerprint density at radius 2 is 1.38 bits per heavy atom. The van der Waals surface area contributed by atoms with Gasteiger partial charge in [-0.1, -0.05) is 17.7 Å². The summed E-state index contributed by atoms with van der Waals surface area (Å²) < 4.78 is 5.50. The van der Waals surface area contributed by atoms with E-state index in [0.717, 1.165) is 11.3 Å². The molecule has 3 rings (SSSR count). The zero-order valence-electron chi connectivity index (χ0n) is 15.8. The van der Waals surface area contributed by atoms with Gasteiger partial charge in [0.1, 0.15) is 5.75 Å². The van der Waals surface area contributed by atoms with Crippen LogP contribution in [0.15, 0.2) is 67.0 Å². The molecule has 0 spiro atoms. The van der Waals surface area contributed by atoms with Gasteiger partial charge in [-0.05, 0) is 49.4 Å². The summed E-state index contributed by atoms with van der Waals surface area (Å²) in [6.45, 7) is 1.98. The predicted molar refractivity (Wildman–Crippen MR) is 114 cm³/mol. The first-order chi connectivity index (χ1) is 14.1. The number of aryl methyl sites for hydroxylation is 1. The highest BCUT2D eigenvalue weighted by Gasteiger charge is 2.07. The van der Waals surface area contributed by atoms with Gasteiger partial charge in [0, 0.05) is 23.8 Å². The first-order valence-corrected chi connectivity index (χ1v) is 10.0. The molecule has 0 fully saturated rings. The number of carbonyl (C=O) groups is 2. The molecule has 3 aromatic rings. The van der Waals surface area contributed by atoms with Crippen LogP contribution in [0, 0.1) is 6.92 Å². The van der Waals surface area contributed by atoms with E-state index in [0.29, 0.717) is 11.4 Å². The lowest BCUT2D eigenvalue weighted by molar-refractivity contribution is -0.114. The van der Waals surface area contributed by atoms with Crippen LogP contribution < -0.4 is 15.4 Å². The smallest absolute Gasteiger partial charge is 0.321 e. The number of rotatable bonds is 8. The van der Waals surface area contributed by atoms with Crippen LogP contribution in [0.3, 0.4) is 0 Å². The molecule has 1 aromatic heterocycles. The first-order valence-electron chi connectivity index (χ1n) is 8.87. The van der Waals surface area contributed by atoms with Crippen LogP contribution in [0.2, 0.25) is 0 Å². The van der Waals surface area contributed by atoms with Crippen LogP contribution in [-0.4, -0.2) is 33.3 Å². The molecule has 2 aromatic carbocycles. The number of aromatic nitrogens is 2. The minimum Gasteiger partial charge on any atom is -0.424 e. The molecule has 0 aliphatic heterocycles. The lowest BCUT2D eigenvalue weighted by Crippen LogP contribution is -2.18. The number of amides is 2. The molecular formula is C21H20N4O3S. The van der Waals surface area contributed by atoms with Gasteiger partial charge in [0.05, 0.1) is 11.5 Å². The standard InChI is InChI=1S/C21H20N4O3S/c1-15-3-5-16(6-4-15)24-19(26)13-29-14-20(27)25-17-7-9-18(10-8-17)28-21-22-11-2-12-23-21/h2-12H,13-14H2,1H3,(H,24,26)(H,25,27). The number of nitrogens with zero attached hydrogens (tertiary/aromatic N) is 2. The Balaban J connectivity index is 1.38. The van der Waals surface area contributed by atoms with E-state index >= 15 is 0 Å². The number of nitrogens with one attached hydrogen (secondary N) is 2. The Hall–Kier alpha value is -3.39. The lowest BCUT2D eigenvalue weighted by Gasteiger charge is -2.08. The Morgan fingerprint density at radius 1 is 0.862 bits per heavy atom. The summed E-state index contributed by atoms with van der Waals surface area (Å²) in [6, 6.07) is 16.4. The van der Waals surface area contributed by atoms with Crippen molar-refractivity contribution in [1.29, 1.82) is 0 Å².